The molecule has 0 bridgehead atoms. The largest absolute Gasteiger partial charge is 0.350 e. The zero-order valence-corrected chi connectivity index (χ0v) is 12.7. The Labute approximate surface area is 121 Å². The van der Waals surface area contributed by atoms with Crippen LogP contribution in [-0.4, -0.2) is 41.6 Å². The number of aromatic nitrogens is 2. The molecule has 0 radical (unpaired) electrons. The van der Waals surface area contributed by atoms with Gasteiger partial charge in [0.2, 0.25) is 0 Å². The van der Waals surface area contributed by atoms with E-state index >= 15 is 0 Å². The normalized spacial score (nSPS) is 17.7. The highest BCUT2D eigenvalue weighted by Crippen LogP contribution is 2.14. The van der Waals surface area contributed by atoms with E-state index in [1.165, 1.54) is 0 Å². The van der Waals surface area contributed by atoms with Crippen LogP contribution in [0.3, 0.4) is 0 Å². The molecule has 1 unspecified atom stereocenters. The minimum absolute atomic E-state index is 0.0565. The van der Waals surface area contributed by atoms with Crippen LogP contribution in [0.1, 0.15) is 38.9 Å². The molecule has 1 aliphatic heterocycles. The zero-order chi connectivity index (χ0) is 14.2. The predicted molar refractivity (Wildman–Crippen MR) is 78.6 cm³/mol. The third-order valence-corrected chi connectivity index (χ3v) is 3.55. The van der Waals surface area contributed by atoms with Gasteiger partial charge in [-0.15, -0.1) is 0 Å². The predicted octanol–water partition coefficient (Wildman–Crippen LogP) is 1.97. The van der Waals surface area contributed by atoms with E-state index < -0.39 is 0 Å². The summed E-state index contributed by atoms with van der Waals surface area (Å²) in [6.45, 7) is 7.87. The molecule has 1 saturated heterocycles. The summed E-state index contributed by atoms with van der Waals surface area (Å²) in [7, 11) is 0. The number of hydrogen-bond donors (Lipinski definition) is 1. The Morgan fingerprint density at radius 1 is 1.35 bits per heavy atom. The number of aryl methyl sites for hydroxylation is 1. The molecule has 1 atom stereocenters. The first-order chi connectivity index (χ1) is 9.83. The second-order valence-corrected chi connectivity index (χ2v) is 5.30. The van der Waals surface area contributed by atoms with Crippen LogP contribution in [0.15, 0.2) is 12.4 Å². The lowest BCUT2D eigenvalue weighted by Crippen LogP contribution is -2.36. The lowest BCUT2D eigenvalue weighted by Gasteiger charge is -2.21. The third kappa shape index (κ3) is 4.58. The Morgan fingerprint density at radius 3 is 2.85 bits per heavy atom. The van der Waals surface area contributed by atoms with Crippen molar-refractivity contribution < 1.29 is 9.47 Å². The van der Waals surface area contributed by atoms with Crippen LogP contribution in [0.5, 0.6) is 0 Å². The van der Waals surface area contributed by atoms with Gasteiger partial charge in [-0.05, 0) is 19.4 Å². The van der Waals surface area contributed by atoms with Crippen molar-refractivity contribution in [2.75, 3.05) is 19.8 Å². The molecular weight excluding hydrogens is 254 g/mol. The van der Waals surface area contributed by atoms with E-state index in [4.69, 9.17) is 9.47 Å². The number of nitrogens with one attached hydrogen (secondary N) is 1. The van der Waals surface area contributed by atoms with Crippen LogP contribution in [-0.2, 0) is 22.4 Å². The van der Waals surface area contributed by atoms with Gasteiger partial charge in [-0.3, -0.25) is 0 Å². The van der Waals surface area contributed by atoms with Crippen molar-refractivity contribution in [3.05, 3.63) is 18.2 Å². The lowest BCUT2D eigenvalue weighted by atomic mass is 10.1. The molecule has 0 amide bonds. The van der Waals surface area contributed by atoms with Crippen molar-refractivity contribution >= 4 is 0 Å². The molecule has 2 heterocycles. The quantitative estimate of drug-likeness (QED) is 0.752. The number of ether oxygens (including phenoxy) is 2. The topological polar surface area (TPSA) is 48.3 Å². The maximum absolute atomic E-state index is 5.57. The van der Waals surface area contributed by atoms with Crippen molar-refractivity contribution in [2.24, 2.45) is 0 Å². The highest BCUT2D eigenvalue weighted by atomic mass is 16.7. The van der Waals surface area contributed by atoms with E-state index in [1.807, 2.05) is 6.20 Å². The summed E-state index contributed by atoms with van der Waals surface area (Å²) < 4.78 is 13.4. The molecule has 1 N–H and O–H groups in total. The number of nitrogens with zero attached hydrogens (tertiary/aromatic N) is 2. The minimum Gasteiger partial charge on any atom is -0.350 e. The average Bonchev–Trinajstić information content (AvgIpc) is 3.09. The van der Waals surface area contributed by atoms with Gasteiger partial charge in [0.25, 0.3) is 0 Å². The summed E-state index contributed by atoms with van der Waals surface area (Å²) in [5, 5.41) is 3.59. The Bertz CT molecular complexity index is 375. The molecule has 5 heteroatoms. The first-order valence-electron chi connectivity index (χ1n) is 7.80. The highest BCUT2D eigenvalue weighted by molar-refractivity contribution is 4.96. The molecule has 0 aliphatic carbocycles. The molecule has 5 nitrogen and oxygen atoms in total. The van der Waals surface area contributed by atoms with E-state index in [1.54, 1.807) is 0 Å². The summed E-state index contributed by atoms with van der Waals surface area (Å²) in [5.41, 5.74) is 0. The van der Waals surface area contributed by atoms with Crippen molar-refractivity contribution in [1.82, 2.24) is 14.9 Å². The summed E-state index contributed by atoms with van der Waals surface area (Å²) in [4.78, 5) is 4.50. The van der Waals surface area contributed by atoms with Gasteiger partial charge in [-0.1, -0.05) is 13.8 Å². The van der Waals surface area contributed by atoms with Crippen molar-refractivity contribution in [1.29, 1.82) is 0 Å². The van der Waals surface area contributed by atoms with E-state index in [9.17, 15) is 0 Å². The second-order valence-electron chi connectivity index (χ2n) is 5.30. The Morgan fingerprint density at radius 2 is 2.15 bits per heavy atom. The molecule has 1 aromatic rings. The highest BCUT2D eigenvalue weighted by Gasteiger charge is 2.22. The van der Waals surface area contributed by atoms with Crippen molar-refractivity contribution in [3.63, 3.8) is 0 Å². The number of hydrogen-bond acceptors (Lipinski definition) is 4. The van der Waals surface area contributed by atoms with E-state index in [2.05, 4.69) is 34.9 Å². The lowest BCUT2D eigenvalue weighted by molar-refractivity contribution is -0.0527. The van der Waals surface area contributed by atoms with Gasteiger partial charge in [-0.25, -0.2) is 4.98 Å². The van der Waals surface area contributed by atoms with Crippen LogP contribution in [0.2, 0.25) is 0 Å². The van der Waals surface area contributed by atoms with Crippen LogP contribution in [0.4, 0.5) is 0 Å². The summed E-state index contributed by atoms with van der Waals surface area (Å²) in [6.07, 6.45) is 7.98. The molecule has 114 valence electrons. The van der Waals surface area contributed by atoms with Gasteiger partial charge in [-0.2, -0.15) is 0 Å². The van der Waals surface area contributed by atoms with Gasteiger partial charge >= 0.3 is 0 Å². The van der Waals surface area contributed by atoms with Crippen LogP contribution >= 0.6 is 0 Å². The summed E-state index contributed by atoms with van der Waals surface area (Å²) >= 11 is 0. The fourth-order valence-electron chi connectivity index (χ4n) is 2.56. The van der Waals surface area contributed by atoms with E-state index in [0.29, 0.717) is 6.04 Å². The molecule has 1 fully saturated rings. The molecule has 2 rings (SSSR count). The SMILES string of the molecule is CCCNC(Cc1nccn1CCC)CC1OCCO1. The Balaban J connectivity index is 1.92. The molecule has 1 aromatic heterocycles. The fraction of sp³-hybridized carbons (Fsp3) is 0.800. The van der Waals surface area contributed by atoms with Crippen LogP contribution in [0.25, 0.3) is 0 Å². The van der Waals surface area contributed by atoms with Crippen LogP contribution < -0.4 is 5.32 Å². The second kappa shape index (κ2) is 8.39. The first-order valence-corrected chi connectivity index (χ1v) is 7.80. The zero-order valence-electron chi connectivity index (χ0n) is 12.7. The standard InChI is InChI=1S/C15H27N3O2/c1-3-5-16-13(12-15-19-9-10-20-15)11-14-17-6-8-18(14)7-4-2/h6,8,13,15-16H,3-5,7,9-12H2,1-2H3. The minimum atomic E-state index is -0.0565. The van der Waals surface area contributed by atoms with E-state index in [0.717, 1.165) is 57.8 Å². The number of rotatable bonds is 9. The van der Waals surface area contributed by atoms with Gasteiger partial charge in [0.05, 0.1) is 13.2 Å². The van der Waals surface area contributed by atoms with Crippen molar-refractivity contribution in [2.45, 2.75) is 58.4 Å². The van der Waals surface area contributed by atoms with Gasteiger partial charge in [0.1, 0.15) is 5.82 Å². The Kier molecular flexibility index (Phi) is 6.50. The van der Waals surface area contributed by atoms with Gasteiger partial charge in [0.15, 0.2) is 6.29 Å². The fourth-order valence-corrected chi connectivity index (χ4v) is 2.56. The van der Waals surface area contributed by atoms with E-state index in [-0.39, 0.29) is 6.29 Å². The Hall–Kier alpha value is -0.910. The maximum Gasteiger partial charge on any atom is 0.159 e. The van der Waals surface area contributed by atoms with Gasteiger partial charge in [0, 0.05) is 37.8 Å². The summed E-state index contributed by atoms with van der Waals surface area (Å²) in [6, 6.07) is 0.357. The molecule has 20 heavy (non-hydrogen) atoms. The molecule has 1 aliphatic rings. The average molecular weight is 281 g/mol. The summed E-state index contributed by atoms with van der Waals surface area (Å²) in [5.74, 6) is 1.15. The molecule has 0 spiro atoms. The number of imidazole rings is 1. The van der Waals surface area contributed by atoms with Gasteiger partial charge < -0.3 is 19.4 Å². The third-order valence-electron chi connectivity index (χ3n) is 3.55. The first kappa shape index (κ1) is 15.5. The van der Waals surface area contributed by atoms with Crippen LogP contribution in [0, 0.1) is 0 Å². The molecular formula is C15H27N3O2. The molecule has 0 saturated carbocycles. The van der Waals surface area contributed by atoms with Crippen molar-refractivity contribution in [3.8, 4) is 0 Å². The molecule has 0 aromatic carbocycles. The maximum atomic E-state index is 5.57. The monoisotopic (exact) mass is 281 g/mol. The smallest absolute Gasteiger partial charge is 0.159 e.